The monoisotopic (exact) mass is 279 g/mol. The number of aliphatic hydroxyl groups excluding tert-OH is 1. The molecule has 0 aliphatic heterocycles. The summed E-state index contributed by atoms with van der Waals surface area (Å²) in [6, 6.07) is 7.94. The lowest BCUT2D eigenvalue weighted by molar-refractivity contribution is 0.127. The molecule has 6 heteroatoms. The number of thioether (sulfide) groups is 1. The summed E-state index contributed by atoms with van der Waals surface area (Å²) >= 11 is 1.78. The second kappa shape index (κ2) is 6.70. The largest absolute Gasteiger partial charge is 0.383 e. The van der Waals surface area contributed by atoms with E-state index in [-0.39, 0.29) is 5.89 Å². The number of rotatable bonds is 6. The van der Waals surface area contributed by atoms with Crippen LogP contribution < -0.4 is 5.73 Å². The first kappa shape index (κ1) is 14.0. The predicted octanol–water partition coefficient (Wildman–Crippen LogP) is 2.23. The third-order valence-electron chi connectivity index (χ3n) is 2.59. The molecule has 19 heavy (non-hydrogen) atoms. The number of nitrogens with two attached hydrogens (primary N) is 1. The van der Waals surface area contributed by atoms with Crippen LogP contribution in [0.1, 0.15) is 25.3 Å². The molecule has 0 aliphatic rings. The topological polar surface area (TPSA) is 85.2 Å². The van der Waals surface area contributed by atoms with Crippen molar-refractivity contribution in [3.63, 3.8) is 0 Å². The first-order valence-corrected chi connectivity index (χ1v) is 7.18. The highest BCUT2D eigenvalue weighted by atomic mass is 32.2. The zero-order valence-electron chi connectivity index (χ0n) is 10.7. The van der Waals surface area contributed by atoms with Crippen LogP contribution in [0.25, 0.3) is 11.4 Å². The number of hydrogen-bond donors (Lipinski definition) is 2. The van der Waals surface area contributed by atoms with Gasteiger partial charge in [-0.15, -0.1) is 11.8 Å². The Morgan fingerprint density at radius 1 is 1.37 bits per heavy atom. The van der Waals surface area contributed by atoms with Crippen molar-refractivity contribution in [2.45, 2.75) is 24.3 Å². The number of aliphatic hydroxyl groups is 1. The fourth-order valence-corrected chi connectivity index (χ4v) is 2.30. The van der Waals surface area contributed by atoms with E-state index >= 15 is 0 Å². The van der Waals surface area contributed by atoms with E-state index in [9.17, 15) is 5.11 Å². The molecular weight excluding hydrogens is 262 g/mol. The van der Waals surface area contributed by atoms with Crippen molar-refractivity contribution in [2.75, 3.05) is 12.3 Å². The molecule has 3 N–H and O–H groups in total. The van der Waals surface area contributed by atoms with Crippen molar-refractivity contribution in [3.8, 4) is 11.4 Å². The Morgan fingerprint density at radius 3 is 2.74 bits per heavy atom. The zero-order valence-corrected chi connectivity index (χ0v) is 11.6. The average Bonchev–Trinajstić information content (AvgIpc) is 2.90. The lowest BCUT2D eigenvalue weighted by atomic mass is 10.2. The summed E-state index contributed by atoms with van der Waals surface area (Å²) in [5.74, 6) is 1.74. The summed E-state index contributed by atoms with van der Waals surface area (Å²) in [6.45, 7) is 2.49. The smallest absolute Gasteiger partial charge is 0.255 e. The number of aromatic nitrogens is 2. The van der Waals surface area contributed by atoms with E-state index in [1.165, 1.54) is 4.90 Å². The summed E-state index contributed by atoms with van der Waals surface area (Å²) < 4.78 is 5.04. The Morgan fingerprint density at radius 2 is 2.11 bits per heavy atom. The number of hydrogen-bond acceptors (Lipinski definition) is 6. The Bertz CT molecular complexity index is 513. The Kier molecular flexibility index (Phi) is 4.95. The fourth-order valence-electron chi connectivity index (χ4n) is 1.64. The van der Waals surface area contributed by atoms with E-state index in [4.69, 9.17) is 10.3 Å². The quantitative estimate of drug-likeness (QED) is 0.789. The van der Waals surface area contributed by atoms with Gasteiger partial charge in [-0.2, -0.15) is 4.98 Å². The molecule has 1 heterocycles. The first-order valence-electron chi connectivity index (χ1n) is 6.19. The van der Waals surface area contributed by atoms with Crippen LogP contribution in [-0.4, -0.2) is 27.5 Å². The SMILES string of the molecule is CCSc1ccc(-c2noc(C(O)CCN)n2)cc1. The van der Waals surface area contributed by atoms with Crippen LogP contribution in [0, 0.1) is 0 Å². The van der Waals surface area contributed by atoms with Gasteiger partial charge in [-0.1, -0.05) is 12.1 Å². The van der Waals surface area contributed by atoms with Crippen LogP contribution in [0.5, 0.6) is 0 Å². The molecule has 0 saturated carbocycles. The normalized spacial score (nSPS) is 12.6. The maximum atomic E-state index is 9.72. The number of nitrogens with zero attached hydrogens (tertiary/aromatic N) is 2. The lowest BCUT2D eigenvalue weighted by Gasteiger charge is -2.01. The number of benzene rings is 1. The van der Waals surface area contributed by atoms with Crippen LogP contribution in [0.3, 0.4) is 0 Å². The van der Waals surface area contributed by atoms with Gasteiger partial charge in [0.25, 0.3) is 5.89 Å². The van der Waals surface area contributed by atoms with Gasteiger partial charge in [0.15, 0.2) is 0 Å². The van der Waals surface area contributed by atoms with E-state index in [1.54, 1.807) is 11.8 Å². The Labute approximate surface area is 116 Å². The van der Waals surface area contributed by atoms with Crippen molar-refractivity contribution in [3.05, 3.63) is 30.2 Å². The minimum absolute atomic E-state index is 0.215. The zero-order chi connectivity index (χ0) is 13.7. The summed E-state index contributed by atoms with van der Waals surface area (Å²) in [4.78, 5) is 5.39. The fraction of sp³-hybridized carbons (Fsp3) is 0.385. The van der Waals surface area contributed by atoms with Crippen molar-refractivity contribution in [1.29, 1.82) is 0 Å². The highest BCUT2D eigenvalue weighted by Gasteiger charge is 2.16. The van der Waals surface area contributed by atoms with Gasteiger partial charge < -0.3 is 15.4 Å². The van der Waals surface area contributed by atoms with Crippen molar-refractivity contribution >= 4 is 11.8 Å². The molecule has 102 valence electrons. The van der Waals surface area contributed by atoms with E-state index < -0.39 is 6.10 Å². The second-order valence-corrected chi connectivity index (χ2v) is 5.34. The summed E-state index contributed by atoms with van der Waals surface area (Å²) in [6.07, 6.45) is -0.380. The van der Waals surface area contributed by atoms with Crippen molar-refractivity contribution in [2.24, 2.45) is 5.73 Å². The van der Waals surface area contributed by atoms with Gasteiger partial charge in [-0.05, 0) is 43.0 Å². The van der Waals surface area contributed by atoms with Gasteiger partial charge in [0.05, 0.1) is 0 Å². The second-order valence-electron chi connectivity index (χ2n) is 4.01. The van der Waals surface area contributed by atoms with Crippen LogP contribution in [0.4, 0.5) is 0 Å². The van der Waals surface area contributed by atoms with E-state index in [1.807, 2.05) is 24.3 Å². The molecule has 0 spiro atoms. The minimum atomic E-state index is -0.791. The molecule has 0 bridgehead atoms. The van der Waals surface area contributed by atoms with E-state index in [0.717, 1.165) is 11.3 Å². The molecule has 1 atom stereocenters. The summed E-state index contributed by atoms with van der Waals surface area (Å²) in [7, 11) is 0. The molecule has 1 unspecified atom stereocenters. The molecule has 1 aromatic carbocycles. The lowest BCUT2D eigenvalue weighted by Crippen LogP contribution is -2.06. The van der Waals surface area contributed by atoms with Gasteiger partial charge in [-0.3, -0.25) is 0 Å². The maximum Gasteiger partial charge on any atom is 0.255 e. The third kappa shape index (κ3) is 3.56. The standard InChI is InChI=1S/C13H17N3O2S/c1-2-19-10-5-3-9(4-6-10)12-15-13(18-16-12)11(17)7-8-14/h3-6,11,17H,2,7-8,14H2,1H3. The third-order valence-corrected chi connectivity index (χ3v) is 3.48. The molecule has 0 fully saturated rings. The summed E-state index contributed by atoms with van der Waals surface area (Å²) in [5.41, 5.74) is 6.25. The van der Waals surface area contributed by atoms with Crippen LogP contribution in [0.15, 0.2) is 33.7 Å². The van der Waals surface area contributed by atoms with E-state index in [0.29, 0.717) is 18.8 Å². The molecular formula is C13H17N3O2S. The maximum absolute atomic E-state index is 9.72. The molecule has 0 saturated heterocycles. The highest BCUT2D eigenvalue weighted by molar-refractivity contribution is 7.99. The molecule has 2 rings (SSSR count). The van der Waals surface area contributed by atoms with Gasteiger partial charge in [0, 0.05) is 10.5 Å². The average molecular weight is 279 g/mol. The van der Waals surface area contributed by atoms with Crippen LogP contribution in [-0.2, 0) is 0 Å². The van der Waals surface area contributed by atoms with Crippen LogP contribution >= 0.6 is 11.8 Å². The summed E-state index contributed by atoms with van der Waals surface area (Å²) in [5, 5.41) is 13.6. The van der Waals surface area contributed by atoms with Gasteiger partial charge in [0.2, 0.25) is 5.82 Å². The molecule has 1 aromatic heterocycles. The first-order chi connectivity index (χ1) is 9.24. The highest BCUT2D eigenvalue weighted by Crippen LogP contribution is 2.23. The van der Waals surface area contributed by atoms with Gasteiger partial charge >= 0.3 is 0 Å². The van der Waals surface area contributed by atoms with Crippen molar-refractivity contribution < 1.29 is 9.63 Å². The van der Waals surface area contributed by atoms with Crippen molar-refractivity contribution in [1.82, 2.24) is 10.1 Å². The minimum Gasteiger partial charge on any atom is -0.383 e. The molecule has 0 aliphatic carbocycles. The molecule has 5 nitrogen and oxygen atoms in total. The Balaban J connectivity index is 2.13. The van der Waals surface area contributed by atoms with E-state index in [2.05, 4.69) is 17.1 Å². The van der Waals surface area contributed by atoms with Gasteiger partial charge in [0.1, 0.15) is 6.10 Å². The predicted molar refractivity (Wildman–Crippen MR) is 74.8 cm³/mol. The molecule has 2 aromatic rings. The molecule has 0 radical (unpaired) electrons. The van der Waals surface area contributed by atoms with Crippen LogP contribution in [0.2, 0.25) is 0 Å². The van der Waals surface area contributed by atoms with Gasteiger partial charge in [-0.25, -0.2) is 0 Å². The molecule has 0 amide bonds. The Hall–Kier alpha value is -1.37.